The maximum atomic E-state index is 11.7. The smallest absolute Gasteiger partial charge is 0.251 e. The molecule has 0 aliphatic carbocycles. The average molecular weight is 254 g/mol. The predicted molar refractivity (Wildman–Crippen MR) is 70.7 cm³/mol. The zero-order valence-corrected chi connectivity index (χ0v) is 10.9. The Morgan fingerprint density at radius 1 is 1.53 bits per heavy atom. The highest BCUT2D eigenvalue weighted by Crippen LogP contribution is 2.13. The van der Waals surface area contributed by atoms with Gasteiger partial charge in [-0.15, -0.1) is 0 Å². The molecular formula is C12H18N2O2S. The van der Waals surface area contributed by atoms with Crippen LogP contribution in [0.15, 0.2) is 17.1 Å². The number of aromatic amines is 1. The second kappa shape index (κ2) is 5.71. The average Bonchev–Trinajstić information content (AvgIpc) is 2.35. The molecule has 1 atom stereocenters. The Kier molecular flexibility index (Phi) is 4.25. The number of ether oxygens (including phenoxy) is 1. The van der Waals surface area contributed by atoms with Gasteiger partial charge < -0.3 is 9.72 Å². The van der Waals surface area contributed by atoms with Crippen LogP contribution in [-0.2, 0) is 11.2 Å². The molecule has 17 heavy (non-hydrogen) atoms. The maximum absolute atomic E-state index is 11.7. The fourth-order valence-corrected chi connectivity index (χ4v) is 2.46. The van der Waals surface area contributed by atoms with Crippen molar-refractivity contribution in [2.75, 3.05) is 26.3 Å². The summed E-state index contributed by atoms with van der Waals surface area (Å²) in [5, 5.41) is 0.0844. The highest BCUT2D eigenvalue weighted by atomic mass is 32.1. The fraction of sp³-hybridized carbons (Fsp3) is 0.583. The minimum absolute atomic E-state index is 0.00249. The number of hydrogen-bond acceptors (Lipinski definition) is 4. The molecule has 2 rings (SSSR count). The predicted octanol–water partition coefficient (Wildman–Crippen LogP) is 0.814. The molecule has 1 fully saturated rings. The number of morpholine rings is 1. The van der Waals surface area contributed by atoms with Crippen LogP contribution in [0, 0.1) is 6.92 Å². The zero-order chi connectivity index (χ0) is 12.3. The van der Waals surface area contributed by atoms with E-state index in [1.165, 1.54) is 0 Å². The molecule has 5 heteroatoms. The number of thiol groups is 1. The van der Waals surface area contributed by atoms with Gasteiger partial charge in [-0.25, -0.2) is 0 Å². The SMILES string of the molecule is Cc1cc[nH]c(=O)c1CC(S)N1CCOCC1. The first-order valence-electron chi connectivity index (χ1n) is 5.85. The van der Waals surface area contributed by atoms with E-state index in [4.69, 9.17) is 4.74 Å². The van der Waals surface area contributed by atoms with Gasteiger partial charge in [-0.1, -0.05) is 0 Å². The molecule has 2 heterocycles. The van der Waals surface area contributed by atoms with Crippen molar-refractivity contribution in [1.82, 2.24) is 9.88 Å². The molecule has 4 nitrogen and oxygen atoms in total. The van der Waals surface area contributed by atoms with Crippen molar-refractivity contribution in [3.8, 4) is 0 Å². The van der Waals surface area contributed by atoms with Crippen LogP contribution in [0.25, 0.3) is 0 Å². The number of nitrogens with one attached hydrogen (secondary N) is 1. The second-order valence-corrected chi connectivity index (χ2v) is 4.90. The first-order chi connectivity index (χ1) is 8.18. The lowest BCUT2D eigenvalue weighted by atomic mass is 10.1. The van der Waals surface area contributed by atoms with Crippen LogP contribution < -0.4 is 5.56 Å². The third-order valence-corrected chi connectivity index (χ3v) is 3.66. The van der Waals surface area contributed by atoms with E-state index in [0.717, 1.165) is 37.4 Å². The molecule has 0 spiro atoms. The quantitative estimate of drug-likeness (QED) is 0.785. The molecule has 0 amide bonds. The van der Waals surface area contributed by atoms with E-state index in [1.54, 1.807) is 6.20 Å². The highest BCUT2D eigenvalue weighted by Gasteiger charge is 2.19. The summed E-state index contributed by atoms with van der Waals surface area (Å²) < 4.78 is 5.30. The first-order valence-corrected chi connectivity index (χ1v) is 6.37. The molecule has 0 radical (unpaired) electrons. The molecule has 94 valence electrons. The van der Waals surface area contributed by atoms with Crippen LogP contribution in [0.5, 0.6) is 0 Å². The van der Waals surface area contributed by atoms with Gasteiger partial charge in [0.15, 0.2) is 0 Å². The summed E-state index contributed by atoms with van der Waals surface area (Å²) >= 11 is 4.60. The number of pyridine rings is 1. The Labute approximate surface area is 106 Å². The second-order valence-electron chi connectivity index (χ2n) is 4.30. The molecule has 1 aromatic rings. The summed E-state index contributed by atoms with van der Waals surface area (Å²) in [5.41, 5.74) is 1.86. The number of rotatable bonds is 3. The van der Waals surface area contributed by atoms with Gasteiger partial charge in [0.25, 0.3) is 5.56 Å². The minimum Gasteiger partial charge on any atom is -0.379 e. The van der Waals surface area contributed by atoms with E-state index < -0.39 is 0 Å². The molecule has 0 saturated carbocycles. The van der Waals surface area contributed by atoms with Crippen molar-refractivity contribution in [3.05, 3.63) is 33.7 Å². The molecule has 1 unspecified atom stereocenters. The van der Waals surface area contributed by atoms with Gasteiger partial charge in [-0.2, -0.15) is 12.6 Å². The van der Waals surface area contributed by atoms with Gasteiger partial charge in [0.1, 0.15) is 0 Å². The van der Waals surface area contributed by atoms with Crippen LogP contribution in [0.1, 0.15) is 11.1 Å². The molecule has 1 saturated heterocycles. The monoisotopic (exact) mass is 254 g/mol. The van der Waals surface area contributed by atoms with Crippen molar-refractivity contribution in [2.45, 2.75) is 18.7 Å². The van der Waals surface area contributed by atoms with Gasteiger partial charge in [0.2, 0.25) is 0 Å². The molecule has 0 bridgehead atoms. The summed E-state index contributed by atoms with van der Waals surface area (Å²) in [6.45, 7) is 5.24. The van der Waals surface area contributed by atoms with Crippen molar-refractivity contribution < 1.29 is 4.74 Å². The van der Waals surface area contributed by atoms with Gasteiger partial charge in [-0.05, 0) is 18.6 Å². The summed E-state index contributed by atoms with van der Waals surface area (Å²) in [4.78, 5) is 16.7. The van der Waals surface area contributed by atoms with Crippen LogP contribution in [0.3, 0.4) is 0 Å². The van der Waals surface area contributed by atoms with E-state index in [9.17, 15) is 4.79 Å². The number of H-pyrrole nitrogens is 1. The van der Waals surface area contributed by atoms with Gasteiger partial charge in [0.05, 0.1) is 18.6 Å². The standard InChI is InChI=1S/C12H18N2O2S/c1-9-2-3-13-12(15)10(9)8-11(17)14-4-6-16-7-5-14/h2-3,11,17H,4-8H2,1H3,(H,13,15). The van der Waals surface area contributed by atoms with Crippen LogP contribution >= 0.6 is 12.6 Å². The molecule has 0 aromatic carbocycles. The maximum Gasteiger partial charge on any atom is 0.251 e. The lowest BCUT2D eigenvalue weighted by molar-refractivity contribution is 0.0329. The Hall–Kier alpha value is -0.780. The molecule has 1 aliphatic rings. The van der Waals surface area contributed by atoms with Gasteiger partial charge >= 0.3 is 0 Å². The normalized spacial score (nSPS) is 19.2. The largest absolute Gasteiger partial charge is 0.379 e. The summed E-state index contributed by atoms with van der Waals surface area (Å²) in [5.74, 6) is 0. The molecular weight excluding hydrogens is 236 g/mol. The number of hydrogen-bond donors (Lipinski definition) is 2. The summed E-state index contributed by atoms with van der Waals surface area (Å²) in [6.07, 6.45) is 2.36. The first kappa shape index (κ1) is 12.7. The van der Waals surface area contributed by atoms with Gasteiger partial charge in [0, 0.05) is 31.3 Å². The van der Waals surface area contributed by atoms with E-state index in [-0.39, 0.29) is 10.9 Å². The minimum atomic E-state index is -0.00249. The van der Waals surface area contributed by atoms with Crippen molar-refractivity contribution in [3.63, 3.8) is 0 Å². The lowest BCUT2D eigenvalue weighted by Gasteiger charge is -2.31. The third kappa shape index (κ3) is 3.12. The zero-order valence-electron chi connectivity index (χ0n) is 9.98. The topological polar surface area (TPSA) is 45.3 Å². The van der Waals surface area contributed by atoms with Gasteiger partial charge in [-0.3, -0.25) is 9.69 Å². The van der Waals surface area contributed by atoms with Crippen LogP contribution in [0.2, 0.25) is 0 Å². The number of aromatic nitrogens is 1. The Balaban J connectivity index is 2.07. The van der Waals surface area contributed by atoms with E-state index >= 15 is 0 Å². The fourth-order valence-electron chi connectivity index (χ4n) is 2.05. The van der Waals surface area contributed by atoms with Crippen molar-refractivity contribution in [2.24, 2.45) is 0 Å². The number of aryl methyl sites for hydroxylation is 1. The van der Waals surface area contributed by atoms with E-state index in [2.05, 4.69) is 22.5 Å². The summed E-state index contributed by atoms with van der Waals surface area (Å²) in [7, 11) is 0. The van der Waals surface area contributed by atoms with Crippen LogP contribution in [-0.4, -0.2) is 41.6 Å². The van der Waals surface area contributed by atoms with E-state index in [0.29, 0.717) is 6.42 Å². The number of nitrogens with zero attached hydrogens (tertiary/aromatic N) is 1. The Morgan fingerprint density at radius 2 is 2.24 bits per heavy atom. The summed E-state index contributed by atoms with van der Waals surface area (Å²) in [6, 6.07) is 1.93. The highest BCUT2D eigenvalue weighted by molar-refractivity contribution is 7.80. The molecule has 1 N–H and O–H groups in total. The Bertz CT molecular complexity index is 427. The molecule has 1 aromatic heterocycles. The third-order valence-electron chi connectivity index (χ3n) is 3.15. The lowest BCUT2D eigenvalue weighted by Crippen LogP contribution is -2.42. The van der Waals surface area contributed by atoms with Crippen molar-refractivity contribution in [1.29, 1.82) is 0 Å². The Morgan fingerprint density at radius 3 is 2.88 bits per heavy atom. The van der Waals surface area contributed by atoms with Crippen molar-refractivity contribution >= 4 is 12.6 Å². The molecule has 1 aliphatic heterocycles. The van der Waals surface area contributed by atoms with E-state index in [1.807, 2.05) is 13.0 Å². The van der Waals surface area contributed by atoms with Crippen LogP contribution in [0.4, 0.5) is 0 Å².